The molecule has 0 atom stereocenters. The lowest BCUT2D eigenvalue weighted by Gasteiger charge is -2.09. The number of nitrogens with one attached hydrogen (secondary N) is 3. The van der Waals surface area contributed by atoms with Gasteiger partial charge >= 0.3 is 0 Å². The van der Waals surface area contributed by atoms with Crippen LogP contribution in [-0.2, 0) is 10.0 Å². The molecule has 0 heterocycles. The predicted octanol–water partition coefficient (Wildman–Crippen LogP) is 0.914. The minimum absolute atomic E-state index is 0.130. The lowest BCUT2D eigenvalue weighted by atomic mass is 10.2. The number of anilines is 1. The van der Waals surface area contributed by atoms with Gasteiger partial charge in [-0.3, -0.25) is 10.1 Å². The largest absolute Gasteiger partial charge is 0.379 e. The Hall–Kier alpha value is -1.71. The second-order valence-corrected chi connectivity index (χ2v) is 6.16. The van der Waals surface area contributed by atoms with Crippen molar-refractivity contribution in [1.29, 1.82) is 0 Å². The van der Waals surface area contributed by atoms with Crippen molar-refractivity contribution in [2.45, 2.75) is 18.2 Å². The molecule has 3 N–H and O–H groups in total. The van der Waals surface area contributed by atoms with Crippen molar-refractivity contribution in [2.75, 3.05) is 32.0 Å². The fourth-order valence-corrected chi connectivity index (χ4v) is 2.46. The first-order chi connectivity index (χ1) is 9.92. The van der Waals surface area contributed by atoms with Gasteiger partial charge in [-0.25, -0.2) is 13.1 Å². The lowest BCUT2D eigenvalue weighted by Crippen LogP contribution is -2.19. The van der Waals surface area contributed by atoms with Crippen LogP contribution < -0.4 is 15.4 Å². The van der Waals surface area contributed by atoms with E-state index in [1.54, 1.807) is 0 Å². The zero-order valence-electron chi connectivity index (χ0n) is 12.0. The Morgan fingerprint density at radius 3 is 2.57 bits per heavy atom. The molecule has 21 heavy (non-hydrogen) atoms. The molecule has 0 amide bonds. The van der Waals surface area contributed by atoms with Gasteiger partial charge in [0.25, 0.3) is 5.69 Å². The molecular formula is C12H20N4O4S. The number of hydrogen-bond acceptors (Lipinski definition) is 6. The zero-order chi connectivity index (χ0) is 15.9. The first kappa shape index (κ1) is 17.3. The van der Waals surface area contributed by atoms with E-state index in [4.69, 9.17) is 0 Å². The van der Waals surface area contributed by atoms with Gasteiger partial charge in [0.05, 0.1) is 9.82 Å². The van der Waals surface area contributed by atoms with Crippen LogP contribution in [0.15, 0.2) is 23.1 Å². The van der Waals surface area contributed by atoms with Crippen LogP contribution in [0.1, 0.15) is 13.3 Å². The normalized spacial score (nSPS) is 11.3. The minimum Gasteiger partial charge on any atom is -0.379 e. The van der Waals surface area contributed by atoms with Gasteiger partial charge in [-0.05, 0) is 38.7 Å². The molecule has 0 aliphatic carbocycles. The Bertz CT molecular complexity index is 589. The molecule has 0 saturated carbocycles. The summed E-state index contributed by atoms with van der Waals surface area (Å²) in [6.07, 6.45) is 0.807. The van der Waals surface area contributed by atoms with E-state index in [1.165, 1.54) is 19.2 Å². The maximum absolute atomic E-state index is 11.7. The van der Waals surface area contributed by atoms with E-state index in [2.05, 4.69) is 15.4 Å². The summed E-state index contributed by atoms with van der Waals surface area (Å²) < 4.78 is 25.4. The van der Waals surface area contributed by atoms with Crippen molar-refractivity contribution in [2.24, 2.45) is 0 Å². The maximum Gasteiger partial charge on any atom is 0.293 e. The third kappa shape index (κ3) is 4.96. The standard InChI is InChI=1S/C12H20N4O4S/c1-3-14-7-4-8-15-11-6-5-10(21(19,20)13-2)9-12(11)16(17)18/h5-6,9,13-15H,3-4,7-8H2,1-2H3. The molecule has 1 rings (SSSR count). The molecule has 0 fully saturated rings. The van der Waals surface area contributed by atoms with Crippen LogP contribution in [-0.4, -0.2) is 40.0 Å². The minimum atomic E-state index is -3.70. The van der Waals surface area contributed by atoms with Gasteiger partial charge in [-0.15, -0.1) is 0 Å². The molecule has 1 aromatic rings. The Kier molecular flexibility index (Phi) is 6.53. The van der Waals surface area contributed by atoms with Gasteiger partial charge in [-0.2, -0.15) is 0 Å². The van der Waals surface area contributed by atoms with Gasteiger partial charge < -0.3 is 10.6 Å². The Labute approximate surface area is 124 Å². The predicted molar refractivity (Wildman–Crippen MR) is 81.0 cm³/mol. The molecule has 0 spiro atoms. The summed E-state index contributed by atoms with van der Waals surface area (Å²) in [6.45, 7) is 4.24. The Morgan fingerprint density at radius 2 is 2.00 bits per heavy atom. The number of nitro benzene ring substituents is 1. The van der Waals surface area contributed by atoms with Crippen LogP contribution in [0.3, 0.4) is 0 Å². The summed E-state index contributed by atoms with van der Waals surface area (Å²) >= 11 is 0. The first-order valence-corrected chi connectivity index (χ1v) is 8.07. The molecule has 0 bridgehead atoms. The van der Waals surface area contributed by atoms with Crippen molar-refractivity contribution in [3.63, 3.8) is 0 Å². The quantitative estimate of drug-likeness (QED) is 0.354. The molecule has 0 saturated heterocycles. The second kappa shape index (κ2) is 7.91. The first-order valence-electron chi connectivity index (χ1n) is 6.59. The molecule has 0 radical (unpaired) electrons. The van der Waals surface area contributed by atoms with Gasteiger partial charge in [0, 0.05) is 12.6 Å². The molecule has 0 unspecified atom stereocenters. The molecule has 0 aromatic heterocycles. The lowest BCUT2D eigenvalue weighted by molar-refractivity contribution is -0.384. The highest BCUT2D eigenvalue weighted by atomic mass is 32.2. The van der Waals surface area contributed by atoms with E-state index < -0.39 is 14.9 Å². The average molecular weight is 316 g/mol. The molecule has 9 heteroatoms. The number of nitrogens with zero attached hydrogens (tertiary/aromatic N) is 1. The van der Waals surface area contributed by atoms with Crippen LogP contribution in [0.4, 0.5) is 11.4 Å². The topological polar surface area (TPSA) is 113 Å². The molecule has 8 nitrogen and oxygen atoms in total. The van der Waals surface area contributed by atoms with E-state index in [-0.39, 0.29) is 10.6 Å². The molecule has 0 aliphatic heterocycles. The van der Waals surface area contributed by atoms with Gasteiger partial charge in [0.2, 0.25) is 10.0 Å². The molecular weight excluding hydrogens is 296 g/mol. The molecule has 0 aliphatic rings. The molecule has 1 aromatic carbocycles. The highest BCUT2D eigenvalue weighted by Gasteiger charge is 2.20. The van der Waals surface area contributed by atoms with E-state index in [1.807, 2.05) is 6.92 Å². The fourth-order valence-electron chi connectivity index (χ4n) is 1.71. The summed E-state index contributed by atoms with van der Waals surface area (Å²) in [4.78, 5) is 10.3. The second-order valence-electron chi connectivity index (χ2n) is 4.28. The van der Waals surface area contributed by atoms with Crippen LogP contribution >= 0.6 is 0 Å². The number of sulfonamides is 1. The van der Waals surface area contributed by atoms with Crippen molar-refractivity contribution in [3.8, 4) is 0 Å². The summed E-state index contributed by atoms with van der Waals surface area (Å²) in [6, 6.07) is 3.81. The average Bonchev–Trinajstić information content (AvgIpc) is 2.46. The van der Waals surface area contributed by atoms with Crippen molar-refractivity contribution >= 4 is 21.4 Å². The van der Waals surface area contributed by atoms with Gasteiger partial charge in [-0.1, -0.05) is 6.92 Å². The smallest absolute Gasteiger partial charge is 0.293 e. The summed E-state index contributed by atoms with van der Waals surface area (Å²) in [5.74, 6) is 0. The van der Waals surface area contributed by atoms with Crippen molar-refractivity contribution < 1.29 is 13.3 Å². The number of benzene rings is 1. The van der Waals surface area contributed by atoms with Crippen molar-refractivity contribution in [1.82, 2.24) is 10.0 Å². The third-order valence-electron chi connectivity index (χ3n) is 2.84. The van der Waals surface area contributed by atoms with Crippen LogP contribution in [0, 0.1) is 10.1 Å². The van der Waals surface area contributed by atoms with E-state index >= 15 is 0 Å². The monoisotopic (exact) mass is 316 g/mol. The maximum atomic E-state index is 11.7. The zero-order valence-corrected chi connectivity index (χ0v) is 12.9. The Morgan fingerprint density at radius 1 is 1.29 bits per heavy atom. The number of rotatable bonds is 9. The number of hydrogen-bond donors (Lipinski definition) is 3. The van der Waals surface area contributed by atoms with Gasteiger partial charge in [0.1, 0.15) is 5.69 Å². The SMILES string of the molecule is CCNCCCNc1ccc(S(=O)(=O)NC)cc1[N+](=O)[O-]. The van der Waals surface area contributed by atoms with Crippen LogP contribution in [0.5, 0.6) is 0 Å². The van der Waals surface area contributed by atoms with E-state index in [0.717, 1.165) is 25.6 Å². The highest BCUT2D eigenvalue weighted by molar-refractivity contribution is 7.89. The van der Waals surface area contributed by atoms with Crippen LogP contribution in [0.25, 0.3) is 0 Å². The highest BCUT2D eigenvalue weighted by Crippen LogP contribution is 2.27. The molecule has 118 valence electrons. The van der Waals surface area contributed by atoms with Gasteiger partial charge in [0.15, 0.2) is 0 Å². The Balaban J connectivity index is 2.88. The number of nitro groups is 1. The summed E-state index contributed by atoms with van der Waals surface area (Å²) in [5, 5.41) is 17.2. The van der Waals surface area contributed by atoms with E-state index in [0.29, 0.717) is 12.2 Å². The fraction of sp³-hybridized carbons (Fsp3) is 0.500. The van der Waals surface area contributed by atoms with Crippen molar-refractivity contribution in [3.05, 3.63) is 28.3 Å². The summed E-state index contributed by atoms with van der Waals surface area (Å²) in [5.41, 5.74) is 0.0568. The third-order valence-corrected chi connectivity index (χ3v) is 4.25. The van der Waals surface area contributed by atoms with E-state index in [9.17, 15) is 18.5 Å². The summed E-state index contributed by atoms with van der Waals surface area (Å²) in [7, 11) is -2.44. The van der Waals surface area contributed by atoms with Crippen LogP contribution in [0.2, 0.25) is 0 Å².